The number of rotatable bonds is 3. The fourth-order valence-corrected chi connectivity index (χ4v) is 1.49. The van der Waals surface area contributed by atoms with E-state index in [1.807, 2.05) is 0 Å². The number of aliphatic hydroxyl groups is 1. The average Bonchev–Trinajstić information content (AvgIpc) is 2.20. The van der Waals surface area contributed by atoms with Gasteiger partial charge < -0.3 is 14.9 Å². The summed E-state index contributed by atoms with van der Waals surface area (Å²) in [5, 5.41) is 18.9. The number of hydrogen-bond acceptors (Lipinski definition) is 4. The third-order valence-corrected chi connectivity index (χ3v) is 2.43. The smallest absolute Gasteiger partial charge is 0.335 e. The van der Waals surface area contributed by atoms with E-state index in [2.05, 4.69) is 20.7 Å². The molecule has 82 valence electrons. The van der Waals surface area contributed by atoms with Crippen LogP contribution >= 0.6 is 15.9 Å². The standard InChI is InChI=1S/C10H11BrO4/c1-15-10(14)9(13)4-6-2-3-7(11)5-8(6)12/h2-3,5,9,12-13H,4H2,1H3. The van der Waals surface area contributed by atoms with Crippen molar-refractivity contribution in [3.8, 4) is 5.75 Å². The molecule has 0 heterocycles. The molecular formula is C10H11BrO4. The Morgan fingerprint density at radius 3 is 2.80 bits per heavy atom. The Morgan fingerprint density at radius 2 is 2.27 bits per heavy atom. The van der Waals surface area contributed by atoms with Crippen LogP contribution in [0.1, 0.15) is 5.56 Å². The highest BCUT2D eigenvalue weighted by molar-refractivity contribution is 9.10. The van der Waals surface area contributed by atoms with Crippen LogP contribution in [-0.4, -0.2) is 29.4 Å². The lowest BCUT2D eigenvalue weighted by Gasteiger charge is -2.09. The van der Waals surface area contributed by atoms with E-state index in [0.717, 1.165) is 4.47 Å². The molecule has 0 amide bonds. The van der Waals surface area contributed by atoms with E-state index in [4.69, 9.17) is 0 Å². The van der Waals surface area contributed by atoms with E-state index in [9.17, 15) is 15.0 Å². The Kier molecular flexibility index (Phi) is 4.11. The predicted molar refractivity (Wildman–Crippen MR) is 57.5 cm³/mol. The van der Waals surface area contributed by atoms with Crippen LogP contribution in [0.25, 0.3) is 0 Å². The van der Waals surface area contributed by atoms with E-state index in [0.29, 0.717) is 5.56 Å². The van der Waals surface area contributed by atoms with Crippen molar-refractivity contribution in [1.82, 2.24) is 0 Å². The zero-order valence-electron chi connectivity index (χ0n) is 8.11. The van der Waals surface area contributed by atoms with E-state index in [-0.39, 0.29) is 12.2 Å². The van der Waals surface area contributed by atoms with Gasteiger partial charge in [0.15, 0.2) is 6.10 Å². The SMILES string of the molecule is COC(=O)C(O)Cc1ccc(Br)cc1O. The van der Waals surface area contributed by atoms with E-state index >= 15 is 0 Å². The highest BCUT2D eigenvalue weighted by atomic mass is 79.9. The Bertz CT molecular complexity index is 364. The van der Waals surface area contributed by atoms with Crippen LogP contribution in [0, 0.1) is 0 Å². The van der Waals surface area contributed by atoms with Crippen molar-refractivity contribution >= 4 is 21.9 Å². The molecule has 1 aromatic rings. The lowest BCUT2D eigenvalue weighted by Crippen LogP contribution is -2.24. The zero-order chi connectivity index (χ0) is 11.4. The first kappa shape index (κ1) is 12.0. The van der Waals surface area contributed by atoms with Crippen molar-refractivity contribution < 1.29 is 19.7 Å². The number of aliphatic hydroxyl groups excluding tert-OH is 1. The van der Waals surface area contributed by atoms with Crippen molar-refractivity contribution in [3.05, 3.63) is 28.2 Å². The number of esters is 1. The Labute approximate surface area is 95.6 Å². The first-order valence-corrected chi connectivity index (χ1v) is 5.07. The number of halogens is 1. The first-order chi connectivity index (χ1) is 7.04. The second-order valence-corrected chi connectivity index (χ2v) is 3.93. The van der Waals surface area contributed by atoms with Crippen molar-refractivity contribution in [2.45, 2.75) is 12.5 Å². The predicted octanol–water partition coefficient (Wildman–Crippen LogP) is 1.23. The van der Waals surface area contributed by atoms with Gasteiger partial charge in [0.05, 0.1) is 7.11 Å². The lowest BCUT2D eigenvalue weighted by atomic mass is 10.1. The van der Waals surface area contributed by atoms with Gasteiger partial charge in [-0.15, -0.1) is 0 Å². The summed E-state index contributed by atoms with van der Waals surface area (Å²) in [6.45, 7) is 0. The van der Waals surface area contributed by atoms with Gasteiger partial charge in [-0.25, -0.2) is 4.79 Å². The second-order valence-electron chi connectivity index (χ2n) is 3.02. The summed E-state index contributed by atoms with van der Waals surface area (Å²) in [6.07, 6.45) is -1.21. The number of phenolic OH excluding ortho intramolecular Hbond substituents is 1. The summed E-state index contributed by atoms with van der Waals surface area (Å²) in [5.41, 5.74) is 0.496. The number of carbonyl (C=O) groups excluding carboxylic acids is 1. The molecule has 0 bridgehead atoms. The number of phenols is 1. The minimum atomic E-state index is -1.25. The van der Waals surface area contributed by atoms with Crippen molar-refractivity contribution in [1.29, 1.82) is 0 Å². The molecule has 2 N–H and O–H groups in total. The van der Waals surface area contributed by atoms with Crippen LogP contribution in [0.15, 0.2) is 22.7 Å². The van der Waals surface area contributed by atoms with Gasteiger partial charge in [-0.3, -0.25) is 0 Å². The molecule has 0 radical (unpaired) electrons. The van der Waals surface area contributed by atoms with Crippen LogP contribution in [0.5, 0.6) is 5.75 Å². The molecule has 15 heavy (non-hydrogen) atoms. The Hall–Kier alpha value is -1.07. The fourth-order valence-electron chi connectivity index (χ4n) is 1.14. The molecule has 0 saturated carbocycles. The molecule has 1 aromatic carbocycles. The maximum atomic E-state index is 10.9. The normalized spacial score (nSPS) is 12.2. The minimum Gasteiger partial charge on any atom is -0.508 e. The summed E-state index contributed by atoms with van der Waals surface area (Å²) in [7, 11) is 1.20. The second kappa shape index (κ2) is 5.14. The summed E-state index contributed by atoms with van der Waals surface area (Å²) >= 11 is 3.19. The minimum absolute atomic E-state index is 0.0335. The molecule has 4 nitrogen and oxygen atoms in total. The maximum Gasteiger partial charge on any atom is 0.335 e. The average molecular weight is 275 g/mol. The van der Waals surface area contributed by atoms with Gasteiger partial charge in [-0.1, -0.05) is 22.0 Å². The lowest BCUT2D eigenvalue weighted by molar-refractivity contribution is -0.150. The zero-order valence-corrected chi connectivity index (χ0v) is 9.69. The third kappa shape index (κ3) is 3.21. The van der Waals surface area contributed by atoms with Gasteiger partial charge in [0, 0.05) is 10.9 Å². The fraction of sp³-hybridized carbons (Fsp3) is 0.300. The Balaban J connectivity index is 2.76. The molecule has 0 aliphatic carbocycles. The van der Waals surface area contributed by atoms with Gasteiger partial charge in [-0.05, 0) is 17.7 Å². The van der Waals surface area contributed by atoms with E-state index in [1.54, 1.807) is 12.1 Å². The van der Waals surface area contributed by atoms with E-state index in [1.165, 1.54) is 13.2 Å². The number of carbonyl (C=O) groups is 1. The maximum absolute atomic E-state index is 10.9. The third-order valence-electron chi connectivity index (χ3n) is 1.93. The summed E-state index contributed by atoms with van der Waals surface area (Å²) < 4.78 is 5.10. The Morgan fingerprint density at radius 1 is 1.60 bits per heavy atom. The molecule has 0 fully saturated rings. The highest BCUT2D eigenvalue weighted by Gasteiger charge is 2.17. The van der Waals surface area contributed by atoms with Crippen LogP contribution in [-0.2, 0) is 16.0 Å². The van der Waals surface area contributed by atoms with Crippen LogP contribution in [0.3, 0.4) is 0 Å². The van der Waals surface area contributed by atoms with Crippen molar-refractivity contribution in [3.63, 3.8) is 0 Å². The van der Waals surface area contributed by atoms with Gasteiger partial charge in [0.1, 0.15) is 5.75 Å². The monoisotopic (exact) mass is 274 g/mol. The molecule has 1 unspecified atom stereocenters. The highest BCUT2D eigenvalue weighted by Crippen LogP contribution is 2.23. The van der Waals surface area contributed by atoms with Crippen LogP contribution < -0.4 is 0 Å². The molecule has 0 aliphatic heterocycles. The summed E-state index contributed by atoms with van der Waals surface area (Å²) in [5.74, 6) is -0.676. The van der Waals surface area contributed by atoms with Gasteiger partial charge in [-0.2, -0.15) is 0 Å². The molecule has 1 atom stereocenters. The van der Waals surface area contributed by atoms with Crippen molar-refractivity contribution in [2.24, 2.45) is 0 Å². The summed E-state index contributed by atoms with van der Waals surface area (Å²) in [4.78, 5) is 10.9. The van der Waals surface area contributed by atoms with Crippen LogP contribution in [0.4, 0.5) is 0 Å². The molecule has 5 heteroatoms. The van der Waals surface area contributed by atoms with Gasteiger partial charge >= 0.3 is 5.97 Å². The van der Waals surface area contributed by atoms with Crippen molar-refractivity contribution in [2.75, 3.05) is 7.11 Å². The number of benzene rings is 1. The molecular weight excluding hydrogens is 264 g/mol. The topological polar surface area (TPSA) is 66.8 Å². The molecule has 1 rings (SSSR count). The molecule has 0 saturated heterocycles. The number of methoxy groups -OCH3 is 1. The number of hydrogen-bond donors (Lipinski definition) is 2. The molecule has 0 spiro atoms. The van der Waals surface area contributed by atoms with Gasteiger partial charge in [0.25, 0.3) is 0 Å². The molecule has 0 aliphatic rings. The van der Waals surface area contributed by atoms with E-state index < -0.39 is 12.1 Å². The first-order valence-electron chi connectivity index (χ1n) is 4.28. The quantitative estimate of drug-likeness (QED) is 0.814. The largest absolute Gasteiger partial charge is 0.508 e. The van der Waals surface area contributed by atoms with Crippen LogP contribution in [0.2, 0.25) is 0 Å². The number of ether oxygens (including phenoxy) is 1. The van der Waals surface area contributed by atoms with Gasteiger partial charge in [0.2, 0.25) is 0 Å². The number of aromatic hydroxyl groups is 1. The summed E-state index contributed by atoms with van der Waals surface area (Å²) in [6, 6.07) is 4.85. The molecule has 0 aromatic heterocycles.